The van der Waals surface area contributed by atoms with Gasteiger partial charge in [0.05, 0.1) is 13.1 Å². The van der Waals surface area contributed by atoms with E-state index in [0.717, 1.165) is 12.0 Å². The predicted molar refractivity (Wildman–Crippen MR) is 99.1 cm³/mol. The standard InChI is InChI=1S/C19H29N3O3/c1-6-15(5)19(25)22(13(2)3)12-18(24)20-11-17(23)21-16-9-7-14(4)8-10-16/h7-10,13,15H,6,11-12H2,1-5H3,(H,20,24)(H,21,23). The molecule has 0 saturated carbocycles. The monoisotopic (exact) mass is 347 g/mol. The third-order valence-corrected chi connectivity index (χ3v) is 4.04. The van der Waals surface area contributed by atoms with Crippen LogP contribution in [0.5, 0.6) is 0 Å². The molecule has 0 fully saturated rings. The van der Waals surface area contributed by atoms with Crippen molar-refractivity contribution in [2.75, 3.05) is 18.4 Å². The molecule has 6 nitrogen and oxygen atoms in total. The van der Waals surface area contributed by atoms with Gasteiger partial charge >= 0.3 is 0 Å². The van der Waals surface area contributed by atoms with E-state index in [1.165, 1.54) is 0 Å². The summed E-state index contributed by atoms with van der Waals surface area (Å²) in [5, 5.41) is 5.28. The smallest absolute Gasteiger partial charge is 0.243 e. The first kappa shape index (κ1) is 20.7. The first-order valence-electron chi connectivity index (χ1n) is 8.68. The highest BCUT2D eigenvalue weighted by Gasteiger charge is 2.23. The number of aryl methyl sites for hydroxylation is 1. The van der Waals surface area contributed by atoms with E-state index in [0.29, 0.717) is 5.69 Å². The molecule has 1 unspecified atom stereocenters. The number of nitrogens with one attached hydrogen (secondary N) is 2. The molecule has 3 amide bonds. The highest BCUT2D eigenvalue weighted by Crippen LogP contribution is 2.10. The summed E-state index contributed by atoms with van der Waals surface area (Å²) in [6.45, 7) is 9.33. The molecule has 1 atom stereocenters. The quantitative estimate of drug-likeness (QED) is 0.757. The normalized spacial score (nSPS) is 11.8. The van der Waals surface area contributed by atoms with Gasteiger partial charge in [-0.05, 0) is 39.3 Å². The minimum Gasteiger partial charge on any atom is -0.345 e. The second-order valence-corrected chi connectivity index (χ2v) is 6.56. The van der Waals surface area contributed by atoms with Crippen LogP contribution in [0.1, 0.15) is 39.7 Å². The minimum absolute atomic E-state index is 0.0430. The molecule has 6 heteroatoms. The molecule has 0 saturated heterocycles. The molecule has 1 aromatic rings. The Labute approximate surface area is 150 Å². The lowest BCUT2D eigenvalue weighted by atomic mass is 10.1. The van der Waals surface area contributed by atoms with Crippen molar-refractivity contribution in [3.63, 3.8) is 0 Å². The maximum Gasteiger partial charge on any atom is 0.243 e. The molecular formula is C19H29N3O3. The lowest BCUT2D eigenvalue weighted by Crippen LogP contribution is -2.47. The second kappa shape index (κ2) is 9.81. The van der Waals surface area contributed by atoms with Crippen molar-refractivity contribution in [2.24, 2.45) is 5.92 Å². The van der Waals surface area contributed by atoms with Gasteiger partial charge in [0.1, 0.15) is 0 Å². The van der Waals surface area contributed by atoms with Crippen molar-refractivity contribution in [2.45, 2.75) is 47.1 Å². The summed E-state index contributed by atoms with van der Waals surface area (Å²) in [7, 11) is 0. The fraction of sp³-hybridized carbons (Fsp3) is 0.526. The average Bonchev–Trinajstić information content (AvgIpc) is 2.58. The minimum atomic E-state index is -0.343. The van der Waals surface area contributed by atoms with Gasteiger partial charge in [0.2, 0.25) is 17.7 Å². The lowest BCUT2D eigenvalue weighted by molar-refractivity contribution is -0.140. The molecule has 138 valence electrons. The van der Waals surface area contributed by atoms with Gasteiger partial charge in [0.25, 0.3) is 0 Å². The number of nitrogens with zero attached hydrogens (tertiary/aromatic N) is 1. The predicted octanol–water partition coefficient (Wildman–Crippen LogP) is 2.33. The van der Waals surface area contributed by atoms with Crippen LogP contribution in [0.3, 0.4) is 0 Å². The number of rotatable bonds is 8. The number of carbonyl (C=O) groups excluding carboxylic acids is 3. The highest BCUT2D eigenvalue weighted by molar-refractivity contribution is 5.95. The zero-order chi connectivity index (χ0) is 19.0. The van der Waals surface area contributed by atoms with Crippen molar-refractivity contribution in [1.82, 2.24) is 10.2 Å². The third kappa shape index (κ3) is 6.95. The van der Waals surface area contributed by atoms with Crippen molar-refractivity contribution in [3.05, 3.63) is 29.8 Å². The Hall–Kier alpha value is -2.37. The van der Waals surface area contributed by atoms with Gasteiger partial charge in [-0.1, -0.05) is 31.5 Å². The van der Waals surface area contributed by atoms with Crippen LogP contribution in [-0.4, -0.2) is 41.8 Å². The van der Waals surface area contributed by atoms with Crippen LogP contribution in [0.25, 0.3) is 0 Å². The molecule has 0 spiro atoms. The Morgan fingerprint density at radius 3 is 2.16 bits per heavy atom. The summed E-state index contributed by atoms with van der Waals surface area (Å²) in [4.78, 5) is 37.9. The highest BCUT2D eigenvalue weighted by atomic mass is 16.2. The van der Waals surface area contributed by atoms with E-state index in [4.69, 9.17) is 0 Å². The van der Waals surface area contributed by atoms with E-state index in [1.807, 2.05) is 46.8 Å². The van der Waals surface area contributed by atoms with Crippen molar-refractivity contribution in [1.29, 1.82) is 0 Å². The summed E-state index contributed by atoms with van der Waals surface area (Å²) < 4.78 is 0. The maximum absolute atomic E-state index is 12.3. The van der Waals surface area contributed by atoms with Crippen LogP contribution in [0.4, 0.5) is 5.69 Å². The number of carbonyl (C=O) groups is 3. The molecule has 0 aliphatic carbocycles. The van der Waals surface area contributed by atoms with Crippen molar-refractivity contribution < 1.29 is 14.4 Å². The molecule has 25 heavy (non-hydrogen) atoms. The molecule has 0 aliphatic heterocycles. The zero-order valence-electron chi connectivity index (χ0n) is 15.8. The molecule has 1 aromatic carbocycles. The van der Waals surface area contributed by atoms with Crippen LogP contribution < -0.4 is 10.6 Å². The molecule has 1 rings (SSSR count). The van der Waals surface area contributed by atoms with Crippen LogP contribution in [0, 0.1) is 12.8 Å². The Kier molecular flexibility index (Phi) is 8.11. The number of hydrogen-bond acceptors (Lipinski definition) is 3. The first-order chi connectivity index (χ1) is 11.7. The van der Waals surface area contributed by atoms with E-state index >= 15 is 0 Å². The molecule has 0 radical (unpaired) electrons. The molecule has 0 aromatic heterocycles. The van der Waals surface area contributed by atoms with E-state index < -0.39 is 0 Å². The van der Waals surface area contributed by atoms with Gasteiger partial charge in [-0.3, -0.25) is 14.4 Å². The van der Waals surface area contributed by atoms with Crippen molar-refractivity contribution >= 4 is 23.4 Å². The summed E-state index contributed by atoms with van der Waals surface area (Å²) in [6.07, 6.45) is 0.725. The SMILES string of the molecule is CCC(C)C(=O)N(CC(=O)NCC(=O)Nc1ccc(C)cc1)C(C)C. The Morgan fingerprint density at radius 1 is 1.04 bits per heavy atom. The summed E-state index contributed by atoms with van der Waals surface area (Å²) in [6, 6.07) is 7.33. The topological polar surface area (TPSA) is 78.5 Å². The van der Waals surface area contributed by atoms with E-state index in [2.05, 4.69) is 10.6 Å². The van der Waals surface area contributed by atoms with Crippen LogP contribution in [0.15, 0.2) is 24.3 Å². The fourth-order valence-corrected chi connectivity index (χ4v) is 2.20. The molecule has 0 heterocycles. The fourth-order valence-electron chi connectivity index (χ4n) is 2.20. The van der Waals surface area contributed by atoms with E-state index in [9.17, 15) is 14.4 Å². The van der Waals surface area contributed by atoms with E-state index in [-0.39, 0.29) is 42.8 Å². The van der Waals surface area contributed by atoms with Gasteiger partial charge in [0.15, 0.2) is 0 Å². The summed E-state index contributed by atoms with van der Waals surface area (Å²) in [5.74, 6) is -0.817. The van der Waals surface area contributed by atoms with E-state index in [1.54, 1.807) is 17.0 Å². The number of benzene rings is 1. The lowest BCUT2D eigenvalue weighted by Gasteiger charge is -2.28. The first-order valence-corrected chi connectivity index (χ1v) is 8.68. The molecule has 0 bridgehead atoms. The van der Waals surface area contributed by atoms with Crippen molar-refractivity contribution in [3.8, 4) is 0 Å². The van der Waals surface area contributed by atoms with Gasteiger partial charge in [-0.15, -0.1) is 0 Å². The molecular weight excluding hydrogens is 318 g/mol. The Bertz CT molecular complexity index is 596. The zero-order valence-corrected chi connectivity index (χ0v) is 15.8. The molecule has 2 N–H and O–H groups in total. The van der Waals surface area contributed by atoms with Gasteiger partial charge in [0, 0.05) is 17.6 Å². The van der Waals surface area contributed by atoms with Crippen LogP contribution in [0.2, 0.25) is 0 Å². The van der Waals surface area contributed by atoms with Crippen LogP contribution >= 0.6 is 0 Å². The van der Waals surface area contributed by atoms with Gasteiger partial charge < -0.3 is 15.5 Å². The average molecular weight is 347 g/mol. The molecule has 0 aliphatic rings. The van der Waals surface area contributed by atoms with Gasteiger partial charge in [-0.25, -0.2) is 0 Å². The number of hydrogen-bond donors (Lipinski definition) is 2. The largest absolute Gasteiger partial charge is 0.345 e. The van der Waals surface area contributed by atoms with Gasteiger partial charge in [-0.2, -0.15) is 0 Å². The van der Waals surface area contributed by atoms with Crippen LogP contribution in [-0.2, 0) is 14.4 Å². The maximum atomic E-state index is 12.3. The number of anilines is 1. The third-order valence-electron chi connectivity index (χ3n) is 4.04. The number of amides is 3. The summed E-state index contributed by atoms with van der Waals surface area (Å²) in [5.41, 5.74) is 1.78. The Morgan fingerprint density at radius 2 is 1.64 bits per heavy atom. The second-order valence-electron chi connectivity index (χ2n) is 6.56. The summed E-state index contributed by atoms with van der Waals surface area (Å²) >= 11 is 0. The Balaban J connectivity index is 2.50.